The van der Waals surface area contributed by atoms with Crippen molar-refractivity contribution in [2.45, 2.75) is 78.5 Å². The van der Waals surface area contributed by atoms with Crippen LogP contribution in [0.4, 0.5) is 0 Å². The third kappa shape index (κ3) is 7.27. The molecule has 0 aliphatic rings. The van der Waals surface area contributed by atoms with E-state index in [1.807, 2.05) is 11.9 Å². The lowest BCUT2D eigenvalue weighted by Gasteiger charge is -2.26. The van der Waals surface area contributed by atoms with Gasteiger partial charge in [0.1, 0.15) is 0 Å². The monoisotopic (exact) mass is 269 g/mol. The Morgan fingerprint density at radius 3 is 2.28 bits per heavy atom. The minimum absolute atomic E-state index is 0.257. The lowest BCUT2D eigenvalue weighted by molar-refractivity contribution is 0.634. The Kier molecular flexibility index (Phi) is 8.71. The molecule has 0 amide bonds. The van der Waals surface area contributed by atoms with E-state index in [1.54, 1.807) is 0 Å². The van der Waals surface area contributed by atoms with Crippen LogP contribution in [-0.2, 0) is 0 Å². The molecular formula is C16H31NS. The molecule has 0 saturated carbocycles. The Balaban J connectivity index is 4.88. The summed E-state index contributed by atoms with van der Waals surface area (Å²) in [6, 6.07) is 0.468. The summed E-state index contributed by atoms with van der Waals surface area (Å²) in [6.45, 7) is 15.6. The van der Waals surface area contributed by atoms with Crippen LogP contribution in [0.5, 0.6) is 0 Å². The van der Waals surface area contributed by atoms with E-state index in [-0.39, 0.29) is 4.75 Å². The predicted molar refractivity (Wildman–Crippen MR) is 87.0 cm³/mol. The summed E-state index contributed by atoms with van der Waals surface area (Å²) >= 11 is 1.85. The van der Waals surface area contributed by atoms with Crippen molar-refractivity contribution in [2.24, 2.45) is 0 Å². The molecule has 0 aromatic heterocycles. The van der Waals surface area contributed by atoms with Crippen molar-refractivity contribution in [3.05, 3.63) is 23.3 Å². The van der Waals surface area contributed by atoms with Gasteiger partial charge in [-0.1, -0.05) is 49.9 Å². The predicted octanol–water partition coefficient (Wildman–Crippen LogP) is 5.49. The van der Waals surface area contributed by atoms with Gasteiger partial charge in [-0.05, 0) is 53.0 Å². The minimum atomic E-state index is 0.257. The van der Waals surface area contributed by atoms with E-state index in [2.05, 4.69) is 65.3 Å². The summed E-state index contributed by atoms with van der Waals surface area (Å²) in [5.74, 6) is 0. The zero-order valence-electron chi connectivity index (χ0n) is 13.3. The summed E-state index contributed by atoms with van der Waals surface area (Å²) in [7, 11) is 0. The van der Waals surface area contributed by atoms with Crippen LogP contribution in [0.15, 0.2) is 23.3 Å². The second kappa shape index (κ2) is 8.82. The summed E-state index contributed by atoms with van der Waals surface area (Å²) in [4.78, 5) is 0. The molecule has 1 N–H and O–H groups in total. The SMILES string of the molecule is C/C=C(C)\C(=C/CC)C(CCC)NSC(C)(C)C. The molecule has 0 saturated heterocycles. The zero-order chi connectivity index (χ0) is 14.2. The van der Waals surface area contributed by atoms with Gasteiger partial charge in [0.15, 0.2) is 0 Å². The first-order valence-electron chi connectivity index (χ1n) is 7.12. The van der Waals surface area contributed by atoms with Crippen LogP contribution >= 0.6 is 11.9 Å². The van der Waals surface area contributed by atoms with Crippen molar-refractivity contribution in [1.82, 2.24) is 4.72 Å². The Hall–Kier alpha value is -0.210. The molecule has 0 bridgehead atoms. The highest BCUT2D eigenvalue weighted by Crippen LogP contribution is 2.25. The molecular weight excluding hydrogens is 238 g/mol. The Labute approximate surface area is 119 Å². The highest BCUT2D eigenvalue weighted by Gasteiger charge is 2.18. The molecule has 18 heavy (non-hydrogen) atoms. The molecule has 1 unspecified atom stereocenters. The third-order valence-electron chi connectivity index (χ3n) is 2.77. The Morgan fingerprint density at radius 2 is 1.89 bits per heavy atom. The van der Waals surface area contributed by atoms with Gasteiger partial charge in [-0.15, -0.1) is 0 Å². The molecule has 0 fully saturated rings. The molecule has 106 valence electrons. The fourth-order valence-electron chi connectivity index (χ4n) is 1.78. The van der Waals surface area contributed by atoms with Gasteiger partial charge in [-0.2, -0.15) is 0 Å². The van der Waals surface area contributed by atoms with Gasteiger partial charge in [-0.25, -0.2) is 0 Å². The molecule has 2 heteroatoms. The average molecular weight is 269 g/mol. The molecule has 1 atom stereocenters. The fourth-order valence-corrected chi connectivity index (χ4v) is 2.52. The van der Waals surface area contributed by atoms with E-state index in [1.165, 1.54) is 24.0 Å². The van der Waals surface area contributed by atoms with Crippen LogP contribution in [-0.4, -0.2) is 10.8 Å². The first-order valence-corrected chi connectivity index (χ1v) is 7.94. The lowest BCUT2D eigenvalue weighted by Crippen LogP contribution is -2.30. The summed E-state index contributed by atoms with van der Waals surface area (Å²) < 4.78 is 3.93. The fraction of sp³-hybridized carbons (Fsp3) is 0.750. The van der Waals surface area contributed by atoms with E-state index in [4.69, 9.17) is 0 Å². The molecule has 0 heterocycles. The molecule has 0 aromatic carbocycles. The van der Waals surface area contributed by atoms with Gasteiger partial charge < -0.3 is 0 Å². The number of rotatable bonds is 7. The highest BCUT2D eigenvalue weighted by atomic mass is 32.2. The molecule has 0 aromatic rings. The number of hydrogen-bond donors (Lipinski definition) is 1. The molecule has 0 aliphatic heterocycles. The number of allylic oxidation sites excluding steroid dienone is 2. The van der Waals surface area contributed by atoms with Crippen molar-refractivity contribution in [3.63, 3.8) is 0 Å². The number of nitrogens with one attached hydrogen (secondary N) is 1. The second-order valence-electron chi connectivity index (χ2n) is 5.71. The van der Waals surface area contributed by atoms with Crippen LogP contribution in [0.1, 0.15) is 67.7 Å². The Bertz CT molecular complexity index is 284. The van der Waals surface area contributed by atoms with E-state index in [9.17, 15) is 0 Å². The Morgan fingerprint density at radius 1 is 1.28 bits per heavy atom. The third-order valence-corrected chi connectivity index (χ3v) is 3.79. The van der Waals surface area contributed by atoms with E-state index in [0.717, 1.165) is 6.42 Å². The lowest BCUT2D eigenvalue weighted by atomic mass is 9.96. The van der Waals surface area contributed by atoms with Crippen molar-refractivity contribution in [1.29, 1.82) is 0 Å². The first-order chi connectivity index (χ1) is 8.35. The van der Waals surface area contributed by atoms with Crippen LogP contribution in [0, 0.1) is 0 Å². The highest BCUT2D eigenvalue weighted by molar-refractivity contribution is 7.98. The maximum atomic E-state index is 3.67. The molecule has 0 aliphatic carbocycles. The van der Waals surface area contributed by atoms with Crippen molar-refractivity contribution < 1.29 is 0 Å². The standard InChI is InChI=1S/C16H31NS/c1-8-11-14(13(4)10-3)15(12-9-2)17-18-16(5,6)7/h10-11,15,17H,8-9,12H2,1-7H3/b13-10-,14-11+. The van der Waals surface area contributed by atoms with Gasteiger partial charge in [-0.3, -0.25) is 4.72 Å². The quantitative estimate of drug-likeness (QED) is 0.484. The zero-order valence-corrected chi connectivity index (χ0v) is 14.1. The smallest absolute Gasteiger partial charge is 0.0420 e. The van der Waals surface area contributed by atoms with Crippen molar-refractivity contribution in [3.8, 4) is 0 Å². The van der Waals surface area contributed by atoms with Gasteiger partial charge in [0.2, 0.25) is 0 Å². The van der Waals surface area contributed by atoms with E-state index in [0.29, 0.717) is 6.04 Å². The van der Waals surface area contributed by atoms with Gasteiger partial charge in [0.25, 0.3) is 0 Å². The second-order valence-corrected chi connectivity index (χ2v) is 7.38. The van der Waals surface area contributed by atoms with Crippen LogP contribution in [0.2, 0.25) is 0 Å². The van der Waals surface area contributed by atoms with E-state index >= 15 is 0 Å². The first kappa shape index (κ1) is 17.8. The summed E-state index contributed by atoms with van der Waals surface area (Å²) in [5.41, 5.74) is 2.87. The maximum absolute atomic E-state index is 3.67. The maximum Gasteiger partial charge on any atom is 0.0420 e. The summed E-state index contributed by atoms with van der Waals surface area (Å²) in [6.07, 6.45) is 8.09. The topological polar surface area (TPSA) is 12.0 Å². The normalized spacial score (nSPS) is 15.9. The van der Waals surface area contributed by atoms with E-state index < -0.39 is 0 Å². The van der Waals surface area contributed by atoms with Crippen LogP contribution in [0.3, 0.4) is 0 Å². The number of hydrogen-bond acceptors (Lipinski definition) is 2. The summed E-state index contributed by atoms with van der Waals surface area (Å²) in [5, 5.41) is 0. The van der Waals surface area contributed by atoms with Crippen LogP contribution < -0.4 is 4.72 Å². The molecule has 0 radical (unpaired) electrons. The van der Waals surface area contributed by atoms with Gasteiger partial charge in [0, 0.05) is 10.8 Å². The minimum Gasteiger partial charge on any atom is -0.256 e. The van der Waals surface area contributed by atoms with Crippen molar-refractivity contribution >= 4 is 11.9 Å². The van der Waals surface area contributed by atoms with Gasteiger partial charge >= 0.3 is 0 Å². The average Bonchev–Trinajstić information content (AvgIpc) is 2.30. The van der Waals surface area contributed by atoms with Crippen molar-refractivity contribution in [2.75, 3.05) is 0 Å². The molecule has 1 nitrogen and oxygen atoms in total. The van der Waals surface area contributed by atoms with Gasteiger partial charge in [0.05, 0.1) is 0 Å². The molecule has 0 rings (SSSR count). The largest absolute Gasteiger partial charge is 0.256 e. The van der Waals surface area contributed by atoms with Crippen LogP contribution in [0.25, 0.3) is 0 Å². The molecule has 0 spiro atoms.